The molecule has 2 N–H and O–H groups in total. The van der Waals surface area contributed by atoms with Gasteiger partial charge in [-0.1, -0.05) is 15.9 Å². The maximum absolute atomic E-state index is 11.9. The number of nitrogens with zero attached hydrogens (tertiary/aromatic N) is 2. The Bertz CT molecular complexity index is 664. The molecule has 0 atom stereocenters. The lowest BCUT2D eigenvalue weighted by atomic mass is 10.2. The van der Waals surface area contributed by atoms with E-state index in [0.717, 1.165) is 15.7 Å². The van der Waals surface area contributed by atoms with Crippen LogP contribution >= 0.6 is 15.9 Å². The Morgan fingerprint density at radius 2 is 2.14 bits per heavy atom. The van der Waals surface area contributed by atoms with E-state index in [1.807, 2.05) is 25.1 Å². The number of amides is 1. The molecule has 0 radical (unpaired) electrons. The molecule has 2 rings (SSSR count). The maximum Gasteiger partial charge on any atom is 0.270 e. The first-order chi connectivity index (χ1) is 10.6. The molecule has 0 aliphatic heterocycles. The van der Waals surface area contributed by atoms with Gasteiger partial charge in [-0.05, 0) is 30.7 Å². The molecule has 0 aliphatic carbocycles. The number of methoxy groups -OCH3 is 1. The van der Waals surface area contributed by atoms with Gasteiger partial charge in [0, 0.05) is 29.9 Å². The molecular formula is C15H17BrN4O2. The van der Waals surface area contributed by atoms with E-state index in [-0.39, 0.29) is 5.91 Å². The molecule has 116 valence electrons. The van der Waals surface area contributed by atoms with Gasteiger partial charge < -0.3 is 15.4 Å². The van der Waals surface area contributed by atoms with Crippen molar-refractivity contribution < 1.29 is 9.53 Å². The minimum absolute atomic E-state index is 0.255. The van der Waals surface area contributed by atoms with Crippen LogP contribution in [-0.2, 0) is 4.74 Å². The Hall–Kier alpha value is -1.99. The third kappa shape index (κ3) is 4.51. The van der Waals surface area contributed by atoms with E-state index >= 15 is 0 Å². The van der Waals surface area contributed by atoms with Crippen LogP contribution in [0.25, 0.3) is 0 Å². The summed E-state index contributed by atoms with van der Waals surface area (Å²) in [5.74, 6) is 0.308. The number of carbonyl (C=O) groups is 1. The molecule has 7 heteroatoms. The van der Waals surface area contributed by atoms with Gasteiger partial charge in [0.15, 0.2) is 0 Å². The van der Waals surface area contributed by atoms with E-state index < -0.39 is 0 Å². The highest BCUT2D eigenvalue weighted by Crippen LogP contribution is 2.22. The SMILES string of the molecule is COCCNC(=O)c1cc(Nc2ccc(Br)c(C)c2)ncn1. The van der Waals surface area contributed by atoms with Crippen LogP contribution in [0.3, 0.4) is 0 Å². The van der Waals surface area contributed by atoms with Crippen molar-refractivity contribution in [3.05, 3.63) is 46.3 Å². The number of anilines is 2. The van der Waals surface area contributed by atoms with E-state index in [0.29, 0.717) is 24.7 Å². The zero-order valence-electron chi connectivity index (χ0n) is 12.4. The molecule has 0 aliphatic rings. The molecule has 6 nitrogen and oxygen atoms in total. The van der Waals surface area contributed by atoms with Gasteiger partial charge in [-0.15, -0.1) is 0 Å². The van der Waals surface area contributed by atoms with Crippen molar-refractivity contribution in [2.75, 3.05) is 25.6 Å². The summed E-state index contributed by atoms with van der Waals surface area (Å²) in [6.45, 7) is 2.90. The zero-order valence-corrected chi connectivity index (χ0v) is 14.0. The Kier molecular flexibility index (Phi) is 5.85. The van der Waals surface area contributed by atoms with Crippen molar-refractivity contribution in [3.8, 4) is 0 Å². The molecule has 1 aromatic carbocycles. The standard InChI is InChI=1S/C15H17BrN4O2/c1-10-7-11(3-4-12(10)16)20-14-8-13(18-9-19-14)15(21)17-5-6-22-2/h3-4,7-9H,5-6H2,1-2H3,(H,17,21)(H,18,19,20). The summed E-state index contributed by atoms with van der Waals surface area (Å²) in [4.78, 5) is 20.0. The molecule has 2 aromatic rings. The van der Waals surface area contributed by atoms with Crippen molar-refractivity contribution in [1.82, 2.24) is 15.3 Å². The van der Waals surface area contributed by atoms with Crippen LogP contribution in [0.15, 0.2) is 35.1 Å². The van der Waals surface area contributed by atoms with Crippen LogP contribution in [0.4, 0.5) is 11.5 Å². The molecule has 0 spiro atoms. The fourth-order valence-electron chi connectivity index (χ4n) is 1.78. The van der Waals surface area contributed by atoms with E-state index in [1.54, 1.807) is 13.2 Å². The van der Waals surface area contributed by atoms with Crippen LogP contribution in [0.1, 0.15) is 16.1 Å². The lowest BCUT2D eigenvalue weighted by Crippen LogP contribution is -2.27. The monoisotopic (exact) mass is 364 g/mol. The van der Waals surface area contributed by atoms with Crippen molar-refractivity contribution in [3.63, 3.8) is 0 Å². The van der Waals surface area contributed by atoms with Gasteiger partial charge >= 0.3 is 0 Å². The summed E-state index contributed by atoms with van der Waals surface area (Å²) in [5.41, 5.74) is 2.31. The zero-order chi connectivity index (χ0) is 15.9. The second kappa shape index (κ2) is 7.86. The van der Waals surface area contributed by atoms with Crippen molar-refractivity contribution in [1.29, 1.82) is 0 Å². The molecule has 0 saturated carbocycles. The van der Waals surface area contributed by atoms with E-state index in [2.05, 4.69) is 36.5 Å². The van der Waals surface area contributed by atoms with Crippen LogP contribution in [0, 0.1) is 6.92 Å². The van der Waals surface area contributed by atoms with Gasteiger partial charge in [-0.25, -0.2) is 9.97 Å². The second-order valence-corrected chi connectivity index (χ2v) is 5.48. The van der Waals surface area contributed by atoms with Crippen molar-refractivity contribution in [2.45, 2.75) is 6.92 Å². The molecule has 0 saturated heterocycles. The van der Waals surface area contributed by atoms with Crippen LogP contribution < -0.4 is 10.6 Å². The first-order valence-electron chi connectivity index (χ1n) is 6.72. The summed E-state index contributed by atoms with van der Waals surface area (Å²) in [5, 5.41) is 5.88. The first kappa shape index (κ1) is 16.4. The molecular weight excluding hydrogens is 348 g/mol. The van der Waals surface area contributed by atoms with Crippen molar-refractivity contribution in [2.24, 2.45) is 0 Å². The Morgan fingerprint density at radius 3 is 2.86 bits per heavy atom. The number of aromatic nitrogens is 2. The third-order valence-corrected chi connectivity index (χ3v) is 3.81. The van der Waals surface area contributed by atoms with E-state index in [1.165, 1.54) is 6.33 Å². The van der Waals surface area contributed by atoms with Gasteiger partial charge in [-0.2, -0.15) is 0 Å². The number of aryl methyl sites for hydroxylation is 1. The minimum atomic E-state index is -0.255. The highest BCUT2D eigenvalue weighted by Gasteiger charge is 2.08. The fraction of sp³-hybridized carbons (Fsp3) is 0.267. The first-order valence-corrected chi connectivity index (χ1v) is 7.52. The fourth-order valence-corrected chi connectivity index (χ4v) is 2.02. The minimum Gasteiger partial charge on any atom is -0.383 e. The number of benzene rings is 1. The van der Waals surface area contributed by atoms with E-state index in [9.17, 15) is 4.79 Å². The number of rotatable bonds is 6. The second-order valence-electron chi connectivity index (χ2n) is 4.63. The average Bonchev–Trinajstić information content (AvgIpc) is 2.51. The number of halogens is 1. The largest absolute Gasteiger partial charge is 0.383 e. The lowest BCUT2D eigenvalue weighted by Gasteiger charge is -2.09. The summed E-state index contributed by atoms with van der Waals surface area (Å²) in [6.07, 6.45) is 1.36. The molecule has 1 aromatic heterocycles. The Labute approximate surface area is 137 Å². The van der Waals surface area contributed by atoms with E-state index in [4.69, 9.17) is 4.74 Å². The average molecular weight is 365 g/mol. The van der Waals surface area contributed by atoms with Gasteiger partial charge in [0.05, 0.1) is 6.61 Å². The third-order valence-electron chi connectivity index (χ3n) is 2.92. The highest BCUT2D eigenvalue weighted by molar-refractivity contribution is 9.10. The predicted molar refractivity (Wildman–Crippen MR) is 88.4 cm³/mol. The molecule has 0 fully saturated rings. The maximum atomic E-state index is 11.9. The molecule has 1 heterocycles. The topological polar surface area (TPSA) is 76.1 Å². The Morgan fingerprint density at radius 1 is 1.32 bits per heavy atom. The van der Waals surface area contributed by atoms with Crippen LogP contribution in [0.2, 0.25) is 0 Å². The number of nitrogens with one attached hydrogen (secondary N) is 2. The van der Waals surface area contributed by atoms with Crippen LogP contribution in [0.5, 0.6) is 0 Å². The smallest absolute Gasteiger partial charge is 0.270 e. The van der Waals surface area contributed by atoms with Gasteiger partial charge in [0.2, 0.25) is 0 Å². The molecule has 0 bridgehead atoms. The summed E-state index contributed by atoms with van der Waals surface area (Å²) in [7, 11) is 1.58. The Balaban J connectivity index is 2.07. The summed E-state index contributed by atoms with van der Waals surface area (Å²) in [6, 6.07) is 7.48. The van der Waals surface area contributed by atoms with Crippen molar-refractivity contribution >= 4 is 33.3 Å². The summed E-state index contributed by atoms with van der Waals surface area (Å²) >= 11 is 3.46. The van der Waals surface area contributed by atoms with Crippen LogP contribution in [-0.4, -0.2) is 36.1 Å². The molecule has 22 heavy (non-hydrogen) atoms. The number of carbonyl (C=O) groups excluding carboxylic acids is 1. The number of hydrogen-bond acceptors (Lipinski definition) is 5. The summed E-state index contributed by atoms with van der Waals surface area (Å²) < 4.78 is 5.93. The quantitative estimate of drug-likeness (QED) is 0.770. The van der Waals surface area contributed by atoms with Gasteiger partial charge in [0.25, 0.3) is 5.91 Å². The molecule has 1 amide bonds. The predicted octanol–water partition coefficient (Wildman–Crippen LogP) is 2.67. The number of hydrogen-bond donors (Lipinski definition) is 2. The number of ether oxygens (including phenoxy) is 1. The lowest BCUT2D eigenvalue weighted by molar-refractivity contribution is 0.0932. The molecule has 0 unspecified atom stereocenters. The van der Waals surface area contributed by atoms with Gasteiger partial charge in [0.1, 0.15) is 17.8 Å². The normalized spacial score (nSPS) is 10.3. The van der Waals surface area contributed by atoms with Gasteiger partial charge in [-0.3, -0.25) is 4.79 Å². The highest BCUT2D eigenvalue weighted by atomic mass is 79.9.